The van der Waals surface area contributed by atoms with Gasteiger partial charge in [-0.25, -0.2) is 13.5 Å². The highest BCUT2D eigenvalue weighted by Gasteiger charge is 2.23. The molecule has 2 rings (SSSR count). The van der Waals surface area contributed by atoms with Gasteiger partial charge in [0.25, 0.3) is 0 Å². The van der Waals surface area contributed by atoms with Crippen LogP contribution in [0.1, 0.15) is 36.2 Å². The van der Waals surface area contributed by atoms with Crippen LogP contribution in [0.2, 0.25) is 0 Å². The summed E-state index contributed by atoms with van der Waals surface area (Å²) < 4.78 is 29.4. The molecule has 1 aromatic heterocycles. The first-order valence-corrected chi connectivity index (χ1v) is 6.14. The van der Waals surface area contributed by atoms with Crippen LogP contribution in [0.25, 0.3) is 0 Å². The lowest BCUT2D eigenvalue weighted by Gasteiger charge is -2.16. The summed E-state index contributed by atoms with van der Waals surface area (Å²) in [4.78, 5) is 0. The van der Waals surface area contributed by atoms with Crippen molar-refractivity contribution in [3.8, 4) is 0 Å². The van der Waals surface area contributed by atoms with Crippen LogP contribution < -0.4 is 5.73 Å². The van der Waals surface area contributed by atoms with Crippen molar-refractivity contribution >= 4 is 0 Å². The van der Waals surface area contributed by atoms with Crippen molar-refractivity contribution < 1.29 is 8.78 Å². The number of nitrogens with two attached hydrogens (primary N) is 1. The Labute approximate surface area is 110 Å². The molecule has 0 spiro atoms. The van der Waals surface area contributed by atoms with E-state index >= 15 is 0 Å². The number of rotatable bonds is 4. The molecule has 0 aliphatic rings. The summed E-state index contributed by atoms with van der Waals surface area (Å²) in [7, 11) is 0. The molecule has 0 saturated carbocycles. The van der Waals surface area contributed by atoms with Crippen molar-refractivity contribution in [2.75, 3.05) is 0 Å². The molecule has 0 aliphatic heterocycles. The molecule has 1 heterocycles. The van der Waals surface area contributed by atoms with E-state index in [2.05, 4.69) is 10.3 Å². The summed E-state index contributed by atoms with van der Waals surface area (Å²) >= 11 is 0. The maximum Gasteiger partial charge on any atom is 0.134 e. The predicted octanol–water partition coefficient (Wildman–Crippen LogP) is 2.32. The molecule has 1 unspecified atom stereocenters. The molecule has 4 nitrogen and oxygen atoms in total. The topological polar surface area (TPSA) is 56.7 Å². The lowest BCUT2D eigenvalue weighted by Crippen LogP contribution is -2.20. The lowest BCUT2D eigenvalue weighted by molar-refractivity contribution is 0.508. The second kappa shape index (κ2) is 5.44. The molecule has 19 heavy (non-hydrogen) atoms. The first-order chi connectivity index (χ1) is 9.06. The van der Waals surface area contributed by atoms with E-state index in [1.165, 1.54) is 18.3 Å². The summed E-state index contributed by atoms with van der Waals surface area (Å²) in [5, 5.41) is 7.63. The Balaban J connectivity index is 2.47. The van der Waals surface area contributed by atoms with Gasteiger partial charge in [-0.15, -0.1) is 5.10 Å². The Morgan fingerprint density at radius 1 is 1.37 bits per heavy atom. The Bertz CT molecular complexity index is 580. The predicted molar refractivity (Wildman–Crippen MR) is 67.4 cm³/mol. The summed E-state index contributed by atoms with van der Waals surface area (Å²) in [5.41, 5.74) is 6.71. The molecule has 0 fully saturated rings. The average Bonchev–Trinajstić information content (AvgIpc) is 2.83. The van der Waals surface area contributed by atoms with Crippen LogP contribution >= 0.6 is 0 Å². The van der Waals surface area contributed by atoms with Gasteiger partial charge in [0.05, 0.1) is 17.9 Å². The lowest BCUT2D eigenvalue weighted by atomic mass is 10.0. The molecule has 2 aromatic rings. The maximum absolute atomic E-state index is 14.1. The Morgan fingerprint density at radius 3 is 2.79 bits per heavy atom. The fourth-order valence-corrected chi connectivity index (χ4v) is 2.00. The first-order valence-electron chi connectivity index (χ1n) is 6.14. The molecular weight excluding hydrogens is 250 g/mol. The number of nitrogens with zero attached hydrogens (tertiary/aromatic N) is 3. The highest BCUT2D eigenvalue weighted by Crippen LogP contribution is 2.26. The van der Waals surface area contributed by atoms with Crippen molar-refractivity contribution in [1.82, 2.24) is 15.0 Å². The van der Waals surface area contributed by atoms with Crippen LogP contribution in [-0.4, -0.2) is 15.0 Å². The van der Waals surface area contributed by atoms with Crippen LogP contribution in [0.4, 0.5) is 8.78 Å². The molecule has 0 aliphatic carbocycles. The number of aromatic nitrogens is 3. The second-order valence-electron chi connectivity index (χ2n) is 4.45. The van der Waals surface area contributed by atoms with Crippen LogP contribution in [0.5, 0.6) is 0 Å². The van der Waals surface area contributed by atoms with E-state index in [9.17, 15) is 8.78 Å². The van der Waals surface area contributed by atoms with Crippen molar-refractivity contribution in [1.29, 1.82) is 0 Å². The van der Waals surface area contributed by atoms with Gasteiger partial charge in [0.1, 0.15) is 11.6 Å². The van der Waals surface area contributed by atoms with E-state index in [1.54, 1.807) is 11.6 Å². The fraction of sp³-hybridized carbons (Fsp3) is 0.385. The van der Waals surface area contributed by atoms with Crippen LogP contribution in [0.15, 0.2) is 18.3 Å². The molecule has 1 aromatic carbocycles. The first kappa shape index (κ1) is 13.6. The monoisotopic (exact) mass is 266 g/mol. The number of hydrogen-bond donors (Lipinski definition) is 1. The summed E-state index contributed by atoms with van der Waals surface area (Å²) in [6.45, 7) is 4.16. The second-order valence-corrected chi connectivity index (χ2v) is 4.45. The quantitative estimate of drug-likeness (QED) is 0.924. The zero-order chi connectivity index (χ0) is 14.0. The third kappa shape index (κ3) is 2.49. The van der Waals surface area contributed by atoms with E-state index in [0.29, 0.717) is 17.8 Å². The largest absolute Gasteiger partial charge is 0.319 e. The van der Waals surface area contributed by atoms with Gasteiger partial charge in [0.2, 0.25) is 0 Å². The van der Waals surface area contributed by atoms with Gasteiger partial charge < -0.3 is 5.73 Å². The van der Waals surface area contributed by atoms with E-state index in [-0.39, 0.29) is 5.56 Å². The zero-order valence-corrected chi connectivity index (χ0v) is 10.9. The van der Waals surface area contributed by atoms with Crippen molar-refractivity contribution in [3.63, 3.8) is 0 Å². The number of halogens is 2. The zero-order valence-electron chi connectivity index (χ0n) is 10.9. The third-order valence-corrected chi connectivity index (χ3v) is 3.03. The summed E-state index contributed by atoms with van der Waals surface area (Å²) in [6, 6.07) is 1.70. The average molecular weight is 266 g/mol. The Morgan fingerprint density at radius 2 is 2.11 bits per heavy atom. The van der Waals surface area contributed by atoms with Gasteiger partial charge in [-0.3, -0.25) is 0 Å². The molecule has 6 heteroatoms. The number of benzene rings is 1. The molecule has 2 N–H and O–H groups in total. The molecule has 1 atom stereocenters. The minimum Gasteiger partial charge on any atom is -0.319 e. The van der Waals surface area contributed by atoms with Gasteiger partial charge in [-0.05, 0) is 25.0 Å². The van der Waals surface area contributed by atoms with E-state index in [4.69, 9.17) is 5.73 Å². The summed E-state index contributed by atoms with van der Waals surface area (Å²) in [5.74, 6) is -1.27. The van der Waals surface area contributed by atoms with E-state index in [1.807, 2.05) is 6.92 Å². The standard InChI is InChI=1S/C13H16F2N4/c1-3-6-19-10(7-17-18-19)13(16)11-9(14)5-4-8(2)12(11)15/h4-5,7,13H,3,6,16H2,1-2H3. The molecule has 0 radical (unpaired) electrons. The Hall–Kier alpha value is -1.82. The van der Waals surface area contributed by atoms with Crippen LogP contribution in [0, 0.1) is 18.6 Å². The highest BCUT2D eigenvalue weighted by molar-refractivity contribution is 5.33. The number of hydrogen-bond acceptors (Lipinski definition) is 3. The maximum atomic E-state index is 14.1. The van der Waals surface area contributed by atoms with Gasteiger partial charge in [0.15, 0.2) is 0 Å². The van der Waals surface area contributed by atoms with E-state index < -0.39 is 17.7 Å². The SMILES string of the molecule is CCCn1nncc1C(N)c1c(F)ccc(C)c1F. The van der Waals surface area contributed by atoms with Gasteiger partial charge in [0, 0.05) is 12.1 Å². The van der Waals surface area contributed by atoms with Crippen molar-refractivity contribution in [2.24, 2.45) is 5.73 Å². The van der Waals surface area contributed by atoms with Crippen LogP contribution in [-0.2, 0) is 6.54 Å². The number of aryl methyl sites for hydroxylation is 2. The normalized spacial score (nSPS) is 12.7. The minimum atomic E-state index is -0.915. The molecular formula is C13H16F2N4. The molecule has 0 saturated heterocycles. The Kier molecular flexibility index (Phi) is 3.90. The molecule has 0 bridgehead atoms. The molecule has 0 amide bonds. The summed E-state index contributed by atoms with van der Waals surface area (Å²) in [6.07, 6.45) is 2.28. The van der Waals surface area contributed by atoms with Crippen molar-refractivity contribution in [3.05, 3.63) is 46.8 Å². The van der Waals surface area contributed by atoms with Crippen LogP contribution in [0.3, 0.4) is 0 Å². The smallest absolute Gasteiger partial charge is 0.134 e. The van der Waals surface area contributed by atoms with E-state index in [0.717, 1.165) is 6.42 Å². The fourth-order valence-electron chi connectivity index (χ4n) is 2.00. The van der Waals surface area contributed by atoms with Gasteiger partial charge in [-0.2, -0.15) is 0 Å². The van der Waals surface area contributed by atoms with Crippen molar-refractivity contribution in [2.45, 2.75) is 32.9 Å². The highest BCUT2D eigenvalue weighted by atomic mass is 19.1. The third-order valence-electron chi connectivity index (χ3n) is 3.03. The van der Waals surface area contributed by atoms with Gasteiger partial charge in [-0.1, -0.05) is 18.2 Å². The molecule has 102 valence electrons. The van der Waals surface area contributed by atoms with Gasteiger partial charge >= 0.3 is 0 Å². The minimum absolute atomic E-state index is 0.139.